The number of aromatic nitrogens is 2. The average Bonchev–Trinajstić information content (AvgIpc) is 2.66. The summed E-state index contributed by atoms with van der Waals surface area (Å²) >= 11 is 0. The van der Waals surface area contributed by atoms with Gasteiger partial charge in [0.05, 0.1) is 11.3 Å². The minimum absolute atomic E-state index is 0.0407. The van der Waals surface area contributed by atoms with Gasteiger partial charge in [0, 0.05) is 37.9 Å². The summed E-state index contributed by atoms with van der Waals surface area (Å²) in [5.41, 5.74) is 8.37. The van der Waals surface area contributed by atoms with Crippen LogP contribution in [0.1, 0.15) is 39.2 Å². The molecule has 3 rings (SSSR count). The molecule has 1 aromatic carbocycles. The molecule has 7 nitrogen and oxygen atoms in total. The zero-order valence-corrected chi connectivity index (χ0v) is 16.8. The second-order valence-electron chi connectivity index (χ2n) is 8.55. The molecule has 1 amide bonds. The Morgan fingerprint density at radius 1 is 1.32 bits per heavy atom. The van der Waals surface area contributed by atoms with Crippen LogP contribution < -0.4 is 16.0 Å². The van der Waals surface area contributed by atoms with E-state index in [2.05, 4.69) is 33.2 Å². The first-order valence-corrected chi connectivity index (χ1v) is 9.71. The quantitative estimate of drug-likeness (QED) is 0.823. The van der Waals surface area contributed by atoms with Crippen molar-refractivity contribution in [2.75, 3.05) is 24.5 Å². The Hall–Kier alpha value is -2.72. The summed E-state index contributed by atoms with van der Waals surface area (Å²) in [6.45, 7) is 8.25. The molecule has 2 heterocycles. The van der Waals surface area contributed by atoms with Crippen LogP contribution in [0.4, 0.5) is 5.69 Å². The number of nitrogens with one attached hydrogen (secondary N) is 1. The standard InChI is InChI=1S/C21H28N6O/c1-14-8-16(26-18(28)9-21(2,3)13-23)12-27(11-14)17-5-4-15(10-22)19-20(17)25-7-6-24-19/h4-7,14,16H,8-9,11-13,23H2,1-3H3,(H,26,28)/t14-,16+/m0/s1. The molecule has 7 heteroatoms. The van der Waals surface area contributed by atoms with E-state index in [1.807, 2.05) is 19.9 Å². The number of nitrogens with two attached hydrogens (primary N) is 1. The number of nitriles is 1. The minimum Gasteiger partial charge on any atom is -0.367 e. The van der Waals surface area contributed by atoms with Crippen molar-refractivity contribution in [3.05, 3.63) is 30.1 Å². The molecular formula is C21H28N6O. The lowest BCUT2D eigenvalue weighted by Gasteiger charge is -2.38. The molecule has 2 aromatic rings. The fraction of sp³-hybridized carbons (Fsp3) is 0.524. The molecule has 28 heavy (non-hydrogen) atoms. The maximum Gasteiger partial charge on any atom is 0.220 e. The Labute approximate surface area is 165 Å². The van der Waals surface area contributed by atoms with E-state index in [9.17, 15) is 10.1 Å². The summed E-state index contributed by atoms with van der Waals surface area (Å²) in [6, 6.07) is 5.97. The molecule has 1 aliphatic heterocycles. The summed E-state index contributed by atoms with van der Waals surface area (Å²) in [6.07, 6.45) is 4.60. The van der Waals surface area contributed by atoms with E-state index in [0.29, 0.717) is 36.5 Å². The lowest BCUT2D eigenvalue weighted by Crippen LogP contribution is -2.51. The van der Waals surface area contributed by atoms with Gasteiger partial charge in [-0.15, -0.1) is 0 Å². The first kappa shape index (κ1) is 20.0. The molecule has 0 aliphatic carbocycles. The Morgan fingerprint density at radius 3 is 2.71 bits per heavy atom. The van der Waals surface area contributed by atoms with Crippen molar-refractivity contribution in [3.63, 3.8) is 0 Å². The van der Waals surface area contributed by atoms with Crippen molar-refractivity contribution in [3.8, 4) is 6.07 Å². The minimum atomic E-state index is -0.205. The van der Waals surface area contributed by atoms with Crippen LogP contribution in [0.5, 0.6) is 0 Å². The number of benzene rings is 1. The highest BCUT2D eigenvalue weighted by atomic mass is 16.1. The second-order valence-corrected chi connectivity index (χ2v) is 8.55. The number of hydrogen-bond acceptors (Lipinski definition) is 6. The number of nitrogens with zero attached hydrogens (tertiary/aromatic N) is 4. The van der Waals surface area contributed by atoms with Gasteiger partial charge in [-0.05, 0) is 36.4 Å². The fourth-order valence-corrected chi connectivity index (χ4v) is 3.83. The summed E-state index contributed by atoms with van der Waals surface area (Å²) in [7, 11) is 0. The van der Waals surface area contributed by atoms with E-state index >= 15 is 0 Å². The van der Waals surface area contributed by atoms with E-state index in [1.54, 1.807) is 18.5 Å². The monoisotopic (exact) mass is 380 g/mol. The number of carbonyl (C=O) groups is 1. The Balaban J connectivity index is 1.81. The first-order chi connectivity index (χ1) is 13.3. The van der Waals surface area contributed by atoms with E-state index in [1.165, 1.54) is 0 Å². The van der Waals surface area contributed by atoms with Gasteiger partial charge in [-0.1, -0.05) is 20.8 Å². The third-order valence-electron chi connectivity index (χ3n) is 5.28. The van der Waals surface area contributed by atoms with Crippen LogP contribution in [0.3, 0.4) is 0 Å². The highest BCUT2D eigenvalue weighted by Crippen LogP contribution is 2.30. The normalized spacial score (nSPS) is 20.0. The molecule has 1 aliphatic rings. The third kappa shape index (κ3) is 4.39. The summed E-state index contributed by atoms with van der Waals surface area (Å²) in [5, 5.41) is 12.5. The number of fused-ring (bicyclic) bond motifs is 1. The van der Waals surface area contributed by atoms with Crippen molar-refractivity contribution < 1.29 is 4.79 Å². The van der Waals surface area contributed by atoms with Gasteiger partial charge in [-0.2, -0.15) is 5.26 Å². The van der Waals surface area contributed by atoms with Gasteiger partial charge in [-0.25, -0.2) is 0 Å². The van der Waals surface area contributed by atoms with Gasteiger partial charge in [0.15, 0.2) is 0 Å². The van der Waals surface area contributed by atoms with Crippen LogP contribution in [0, 0.1) is 22.7 Å². The van der Waals surface area contributed by atoms with Crippen molar-refractivity contribution >= 4 is 22.6 Å². The molecule has 0 bridgehead atoms. The molecule has 0 spiro atoms. The van der Waals surface area contributed by atoms with Gasteiger partial charge in [0.1, 0.15) is 17.1 Å². The number of anilines is 1. The van der Waals surface area contributed by atoms with Crippen molar-refractivity contribution in [2.45, 2.75) is 39.7 Å². The predicted molar refractivity (Wildman–Crippen MR) is 110 cm³/mol. The Kier molecular flexibility index (Phi) is 5.80. The molecular weight excluding hydrogens is 352 g/mol. The zero-order valence-electron chi connectivity index (χ0n) is 16.8. The lowest BCUT2D eigenvalue weighted by atomic mass is 9.88. The third-order valence-corrected chi connectivity index (χ3v) is 5.28. The van der Waals surface area contributed by atoms with E-state index in [-0.39, 0.29) is 17.4 Å². The maximum atomic E-state index is 12.5. The summed E-state index contributed by atoms with van der Waals surface area (Å²) < 4.78 is 0. The van der Waals surface area contributed by atoms with Crippen molar-refractivity contribution in [2.24, 2.45) is 17.1 Å². The highest BCUT2D eigenvalue weighted by Gasteiger charge is 2.29. The molecule has 1 fully saturated rings. The summed E-state index contributed by atoms with van der Waals surface area (Å²) in [5.74, 6) is 0.461. The molecule has 1 aromatic heterocycles. The molecule has 0 saturated carbocycles. The van der Waals surface area contributed by atoms with Crippen molar-refractivity contribution in [1.29, 1.82) is 5.26 Å². The molecule has 0 unspecified atom stereocenters. The van der Waals surface area contributed by atoms with E-state index in [4.69, 9.17) is 5.73 Å². The smallest absolute Gasteiger partial charge is 0.220 e. The molecule has 3 N–H and O–H groups in total. The molecule has 2 atom stereocenters. The first-order valence-electron chi connectivity index (χ1n) is 9.71. The topological polar surface area (TPSA) is 108 Å². The molecule has 0 radical (unpaired) electrons. The highest BCUT2D eigenvalue weighted by molar-refractivity contribution is 5.92. The van der Waals surface area contributed by atoms with Gasteiger partial charge in [-0.3, -0.25) is 14.8 Å². The molecule has 1 saturated heterocycles. The average molecular weight is 380 g/mol. The lowest BCUT2D eigenvalue weighted by molar-refractivity contribution is -0.123. The van der Waals surface area contributed by atoms with Crippen LogP contribution in [0.25, 0.3) is 11.0 Å². The predicted octanol–water partition coefficient (Wildman–Crippen LogP) is 2.21. The second kappa shape index (κ2) is 8.11. The van der Waals surface area contributed by atoms with Crippen LogP contribution >= 0.6 is 0 Å². The number of hydrogen-bond donors (Lipinski definition) is 2. The van der Waals surface area contributed by atoms with Crippen LogP contribution in [-0.2, 0) is 4.79 Å². The van der Waals surface area contributed by atoms with Crippen LogP contribution in [0.2, 0.25) is 0 Å². The van der Waals surface area contributed by atoms with E-state index in [0.717, 1.165) is 24.2 Å². The maximum absolute atomic E-state index is 12.5. The Bertz CT molecular complexity index is 903. The van der Waals surface area contributed by atoms with Gasteiger partial charge >= 0.3 is 0 Å². The largest absolute Gasteiger partial charge is 0.367 e. The van der Waals surface area contributed by atoms with Crippen LogP contribution in [-0.4, -0.2) is 41.6 Å². The van der Waals surface area contributed by atoms with E-state index < -0.39 is 0 Å². The van der Waals surface area contributed by atoms with Crippen molar-refractivity contribution in [1.82, 2.24) is 15.3 Å². The summed E-state index contributed by atoms with van der Waals surface area (Å²) in [4.78, 5) is 23.6. The molecule has 148 valence electrons. The number of rotatable bonds is 5. The fourth-order valence-electron chi connectivity index (χ4n) is 3.83. The van der Waals surface area contributed by atoms with Gasteiger partial charge in [0.25, 0.3) is 0 Å². The van der Waals surface area contributed by atoms with Gasteiger partial charge in [0.2, 0.25) is 5.91 Å². The number of carbonyl (C=O) groups excluding carboxylic acids is 1. The Morgan fingerprint density at radius 2 is 2.04 bits per heavy atom. The zero-order chi connectivity index (χ0) is 20.3. The van der Waals surface area contributed by atoms with Gasteiger partial charge < -0.3 is 16.0 Å². The van der Waals surface area contributed by atoms with Crippen LogP contribution in [0.15, 0.2) is 24.5 Å². The SMILES string of the molecule is C[C@H]1C[C@@H](NC(=O)CC(C)(C)CN)CN(c2ccc(C#N)c3nccnc23)C1. The number of piperidine rings is 1. The number of amides is 1.